The zero-order valence-corrected chi connectivity index (χ0v) is 10.9. The topological polar surface area (TPSA) is 21.3 Å². The standard InChI is InChI=1S/C6H17NOS4/c1-6(2)5-8-4-3-7-12(10)11-9/h6-7,9-10,12H,3-5H2,1-2H3. The summed E-state index contributed by atoms with van der Waals surface area (Å²) in [5.74, 6) is 0.613. The Kier molecular flexibility index (Phi) is 9.88. The molecule has 0 aromatic rings. The van der Waals surface area contributed by atoms with Gasteiger partial charge in [0.2, 0.25) is 0 Å². The number of hydrogen-bond acceptors (Lipinski definition) is 5. The summed E-state index contributed by atoms with van der Waals surface area (Å²) in [6, 6.07) is 0. The van der Waals surface area contributed by atoms with Gasteiger partial charge >= 0.3 is 0 Å². The van der Waals surface area contributed by atoms with Gasteiger partial charge in [-0.1, -0.05) is 34.7 Å². The van der Waals surface area contributed by atoms with Gasteiger partial charge in [0.25, 0.3) is 0 Å². The molecule has 0 spiro atoms. The predicted molar refractivity (Wildman–Crippen MR) is 68.2 cm³/mol. The minimum Gasteiger partial charge on any atom is -0.380 e. The maximum absolute atomic E-state index is 5.37. The van der Waals surface area contributed by atoms with Gasteiger partial charge in [0.1, 0.15) is 0 Å². The van der Waals surface area contributed by atoms with Crippen molar-refractivity contribution in [1.82, 2.24) is 4.72 Å². The van der Waals surface area contributed by atoms with Crippen LogP contribution in [0.4, 0.5) is 0 Å². The Bertz CT molecular complexity index is 104. The number of ether oxygens (including phenoxy) is 1. The van der Waals surface area contributed by atoms with Crippen molar-refractivity contribution in [3.63, 3.8) is 0 Å². The Morgan fingerprint density at radius 1 is 1.58 bits per heavy atom. The summed E-state index contributed by atoms with van der Waals surface area (Å²) < 4.78 is 8.57. The first kappa shape index (κ1) is 13.3. The summed E-state index contributed by atoms with van der Waals surface area (Å²) in [5, 5.41) is 0. The quantitative estimate of drug-likeness (QED) is 0.315. The van der Waals surface area contributed by atoms with Gasteiger partial charge < -0.3 is 4.74 Å². The van der Waals surface area contributed by atoms with Crippen molar-refractivity contribution in [2.45, 2.75) is 13.8 Å². The van der Waals surface area contributed by atoms with Crippen molar-refractivity contribution < 1.29 is 4.74 Å². The van der Waals surface area contributed by atoms with Crippen LogP contribution in [-0.2, 0) is 4.74 Å². The average molecular weight is 247 g/mol. The molecule has 76 valence electrons. The van der Waals surface area contributed by atoms with Crippen LogP contribution in [0.1, 0.15) is 13.8 Å². The maximum Gasteiger partial charge on any atom is 0.0600 e. The molecule has 0 rings (SSSR count). The van der Waals surface area contributed by atoms with E-state index in [4.69, 9.17) is 4.74 Å². The van der Waals surface area contributed by atoms with Gasteiger partial charge in [-0.2, -0.15) is 0 Å². The lowest BCUT2D eigenvalue weighted by Gasteiger charge is -2.13. The number of thiol groups is 3. The summed E-state index contributed by atoms with van der Waals surface area (Å²) in [5.41, 5.74) is 0. The molecule has 1 N–H and O–H groups in total. The molecule has 6 heteroatoms. The lowest BCUT2D eigenvalue weighted by Crippen LogP contribution is -2.15. The van der Waals surface area contributed by atoms with E-state index in [1.807, 2.05) is 0 Å². The lowest BCUT2D eigenvalue weighted by molar-refractivity contribution is 0.115. The third-order valence-electron chi connectivity index (χ3n) is 1.02. The highest BCUT2D eigenvalue weighted by molar-refractivity contribution is 9.27. The van der Waals surface area contributed by atoms with Crippen LogP contribution in [0.2, 0.25) is 0 Å². The highest BCUT2D eigenvalue weighted by Gasteiger charge is 1.95. The number of hydrogen-bond donors (Lipinski definition) is 4. The largest absolute Gasteiger partial charge is 0.380 e. The molecule has 0 saturated carbocycles. The van der Waals surface area contributed by atoms with Gasteiger partial charge in [0, 0.05) is 13.2 Å². The fraction of sp³-hybridized carbons (Fsp3) is 1.00. The first-order chi connectivity index (χ1) is 5.66. The van der Waals surface area contributed by atoms with E-state index in [0.717, 1.165) is 19.8 Å². The van der Waals surface area contributed by atoms with E-state index in [1.165, 1.54) is 9.83 Å². The molecule has 0 amide bonds. The smallest absolute Gasteiger partial charge is 0.0600 e. The minimum atomic E-state index is -0.465. The second kappa shape index (κ2) is 8.90. The van der Waals surface area contributed by atoms with E-state index in [2.05, 4.69) is 41.9 Å². The van der Waals surface area contributed by atoms with E-state index in [9.17, 15) is 0 Å². The van der Waals surface area contributed by atoms with Crippen LogP contribution in [0.3, 0.4) is 0 Å². The van der Waals surface area contributed by atoms with Crippen LogP contribution < -0.4 is 4.72 Å². The summed E-state index contributed by atoms with van der Waals surface area (Å²) in [4.78, 5) is 0. The zero-order valence-electron chi connectivity index (χ0n) is 7.36. The van der Waals surface area contributed by atoms with Crippen LogP contribution in [0.15, 0.2) is 0 Å². The van der Waals surface area contributed by atoms with Crippen LogP contribution in [0.5, 0.6) is 0 Å². The summed E-state index contributed by atoms with van der Waals surface area (Å²) in [6.07, 6.45) is 0. The van der Waals surface area contributed by atoms with Crippen molar-refractivity contribution in [3.8, 4) is 0 Å². The van der Waals surface area contributed by atoms with Gasteiger partial charge in [-0.25, -0.2) is 0 Å². The Hall–Kier alpha value is 1.32. The highest BCUT2D eigenvalue weighted by atomic mass is 33.7. The molecule has 0 aliphatic carbocycles. The summed E-state index contributed by atoms with van der Waals surface area (Å²) >= 11 is 8.30. The molecule has 0 radical (unpaired) electrons. The molecule has 12 heavy (non-hydrogen) atoms. The van der Waals surface area contributed by atoms with E-state index in [1.54, 1.807) is 0 Å². The highest BCUT2D eigenvalue weighted by Crippen LogP contribution is 2.42. The number of nitrogens with one attached hydrogen (secondary N) is 1. The van der Waals surface area contributed by atoms with E-state index in [0.29, 0.717) is 5.92 Å². The predicted octanol–water partition coefficient (Wildman–Crippen LogP) is 2.50. The Morgan fingerprint density at radius 2 is 2.25 bits per heavy atom. The maximum atomic E-state index is 5.37. The Labute approximate surface area is 91.1 Å². The van der Waals surface area contributed by atoms with Gasteiger partial charge in [-0.05, 0) is 15.7 Å². The Balaban J connectivity index is 3.00. The lowest BCUT2D eigenvalue weighted by atomic mass is 10.2. The van der Waals surface area contributed by atoms with Crippen molar-refractivity contribution in [1.29, 1.82) is 0 Å². The van der Waals surface area contributed by atoms with Crippen molar-refractivity contribution >= 4 is 42.3 Å². The van der Waals surface area contributed by atoms with Gasteiger partial charge in [-0.15, -0.1) is 11.7 Å². The van der Waals surface area contributed by atoms with Crippen LogP contribution >= 0.6 is 42.3 Å². The molecule has 0 aromatic heterocycles. The molecule has 1 atom stereocenters. The number of rotatable bonds is 7. The zero-order chi connectivity index (χ0) is 9.40. The molecule has 0 aliphatic rings. The Morgan fingerprint density at radius 3 is 2.75 bits per heavy atom. The van der Waals surface area contributed by atoms with Crippen molar-refractivity contribution in [2.24, 2.45) is 5.92 Å². The molecule has 2 nitrogen and oxygen atoms in total. The van der Waals surface area contributed by atoms with Crippen molar-refractivity contribution in [3.05, 3.63) is 0 Å². The molecular weight excluding hydrogens is 230 g/mol. The molecular formula is C6H17NOS4. The molecule has 0 saturated heterocycles. The summed E-state index contributed by atoms with van der Waals surface area (Å²) in [7, 11) is 0.981. The molecule has 0 aromatic carbocycles. The van der Waals surface area contributed by atoms with Crippen molar-refractivity contribution in [2.75, 3.05) is 19.8 Å². The first-order valence-corrected chi connectivity index (χ1v) is 8.75. The SMILES string of the molecule is CC(C)COCCN[SH](S)SS. The second-order valence-electron chi connectivity index (χ2n) is 2.73. The third-order valence-corrected chi connectivity index (χ3v) is 6.31. The minimum absolute atomic E-state index is 0.465. The second-order valence-corrected chi connectivity index (χ2v) is 8.82. The fourth-order valence-electron chi connectivity index (χ4n) is 0.561. The molecule has 0 aliphatic heterocycles. The summed E-state index contributed by atoms with van der Waals surface area (Å²) in [6.45, 7) is 6.73. The van der Waals surface area contributed by atoms with E-state index < -0.39 is 9.15 Å². The third kappa shape index (κ3) is 9.41. The fourth-order valence-corrected chi connectivity index (χ4v) is 2.17. The van der Waals surface area contributed by atoms with E-state index >= 15 is 0 Å². The molecule has 1 unspecified atom stereocenters. The van der Waals surface area contributed by atoms with E-state index in [-0.39, 0.29) is 0 Å². The normalized spacial score (nSPS) is 15.2. The molecule has 0 fully saturated rings. The van der Waals surface area contributed by atoms with Gasteiger partial charge in [0.05, 0.1) is 6.61 Å². The van der Waals surface area contributed by atoms with Gasteiger partial charge in [0.15, 0.2) is 0 Å². The average Bonchev–Trinajstić information content (AvgIpc) is 2.03. The molecule has 0 bridgehead atoms. The monoisotopic (exact) mass is 247 g/mol. The first-order valence-electron chi connectivity index (χ1n) is 3.78. The van der Waals surface area contributed by atoms with Crippen LogP contribution in [-0.4, -0.2) is 19.8 Å². The van der Waals surface area contributed by atoms with Gasteiger partial charge in [-0.3, -0.25) is 4.72 Å². The molecule has 0 heterocycles. The van der Waals surface area contributed by atoms with Crippen LogP contribution in [0, 0.1) is 5.92 Å². The van der Waals surface area contributed by atoms with Crippen LogP contribution in [0.25, 0.3) is 0 Å².